The highest BCUT2D eigenvalue weighted by Gasteiger charge is 2.29. The second kappa shape index (κ2) is 6.95. The van der Waals surface area contributed by atoms with Gasteiger partial charge in [-0.05, 0) is 34.1 Å². The summed E-state index contributed by atoms with van der Waals surface area (Å²) in [5, 5.41) is 0. The van der Waals surface area contributed by atoms with Gasteiger partial charge >= 0.3 is 6.09 Å². The van der Waals surface area contributed by atoms with E-state index in [2.05, 4.69) is 0 Å². The maximum atomic E-state index is 11.8. The van der Waals surface area contributed by atoms with Gasteiger partial charge in [-0.1, -0.05) is 0 Å². The third-order valence-corrected chi connectivity index (χ3v) is 2.58. The molecule has 1 heterocycles. The van der Waals surface area contributed by atoms with Gasteiger partial charge in [-0.25, -0.2) is 4.79 Å². The van der Waals surface area contributed by atoms with Gasteiger partial charge in [-0.3, -0.25) is 0 Å². The molecule has 1 fully saturated rings. The molecule has 1 aliphatic rings. The highest BCUT2D eigenvalue weighted by atomic mass is 16.6. The summed E-state index contributed by atoms with van der Waals surface area (Å²) in [6.45, 7) is 10.8. The van der Waals surface area contributed by atoms with Crippen molar-refractivity contribution in [2.45, 2.75) is 45.8 Å². The van der Waals surface area contributed by atoms with Crippen LogP contribution in [-0.4, -0.2) is 55.6 Å². The Bertz CT molecular complexity index is 262. The fraction of sp³-hybridized carbons (Fsp3) is 0.923. The molecule has 0 aliphatic carbocycles. The molecule has 0 aromatic carbocycles. The maximum absolute atomic E-state index is 11.8. The van der Waals surface area contributed by atoms with Gasteiger partial charge in [0.2, 0.25) is 0 Å². The Kier molecular flexibility index (Phi) is 5.88. The zero-order valence-corrected chi connectivity index (χ0v) is 11.9. The summed E-state index contributed by atoms with van der Waals surface area (Å²) in [4.78, 5) is 13.5. The lowest BCUT2D eigenvalue weighted by Gasteiger charge is -2.24. The molecule has 0 saturated carbocycles. The van der Waals surface area contributed by atoms with Crippen LogP contribution in [0.1, 0.15) is 34.1 Å². The predicted octanol–water partition coefficient (Wildman–Crippen LogP) is 2.05. The van der Waals surface area contributed by atoms with Crippen LogP contribution in [0.25, 0.3) is 0 Å². The molecule has 1 amide bonds. The first-order chi connectivity index (χ1) is 8.42. The van der Waals surface area contributed by atoms with Crippen molar-refractivity contribution < 1.29 is 19.0 Å². The third kappa shape index (κ3) is 5.69. The molecule has 5 nitrogen and oxygen atoms in total. The van der Waals surface area contributed by atoms with Crippen LogP contribution in [0.5, 0.6) is 0 Å². The molecule has 0 aromatic heterocycles. The third-order valence-electron chi connectivity index (χ3n) is 2.58. The van der Waals surface area contributed by atoms with Crippen molar-refractivity contribution in [2.24, 2.45) is 0 Å². The van der Waals surface area contributed by atoms with Gasteiger partial charge in [-0.2, -0.15) is 0 Å². The molecule has 0 radical (unpaired) electrons. The van der Waals surface area contributed by atoms with Gasteiger partial charge in [0.1, 0.15) is 5.60 Å². The predicted molar refractivity (Wildman–Crippen MR) is 68.7 cm³/mol. The number of rotatable bonds is 5. The highest BCUT2D eigenvalue weighted by molar-refractivity contribution is 5.68. The average molecular weight is 259 g/mol. The quantitative estimate of drug-likeness (QED) is 0.709. The van der Waals surface area contributed by atoms with Crippen molar-refractivity contribution >= 4 is 6.09 Å². The van der Waals surface area contributed by atoms with E-state index in [1.54, 1.807) is 4.90 Å². The van der Waals surface area contributed by atoms with Crippen molar-refractivity contribution in [3.05, 3.63) is 0 Å². The van der Waals surface area contributed by atoms with E-state index >= 15 is 0 Å². The lowest BCUT2D eigenvalue weighted by molar-refractivity contribution is 0.00475. The van der Waals surface area contributed by atoms with E-state index in [1.807, 2.05) is 27.7 Å². The Labute approximate surface area is 109 Å². The lowest BCUT2D eigenvalue weighted by atomic mass is 10.2. The van der Waals surface area contributed by atoms with Crippen LogP contribution >= 0.6 is 0 Å². The molecule has 18 heavy (non-hydrogen) atoms. The Hall–Kier alpha value is -0.810. The van der Waals surface area contributed by atoms with E-state index in [9.17, 15) is 4.79 Å². The SMILES string of the molecule is CCOCCO[C@@H]1CCN(C(=O)OC(C)(C)C)C1. The first-order valence-corrected chi connectivity index (χ1v) is 6.59. The molecule has 106 valence electrons. The molecular weight excluding hydrogens is 234 g/mol. The second-order valence-electron chi connectivity index (χ2n) is 5.40. The molecule has 5 heteroatoms. The number of hydrogen-bond donors (Lipinski definition) is 0. The zero-order chi connectivity index (χ0) is 13.6. The maximum Gasteiger partial charge on any atom is 0.410 e. The standard InChI is InChI=1S/C13H25NO4/c1-5-16-8-9-17-11-6-7-14(10-11)12(15)18-13(2,3)4/h11H,5-10H2,1-4H3/t11-/m1/s1. The van der Waals surface area contributed by atoms with Crippen molar-refractivity contribution in [1.29, 1.82) is 0 Å². The number of amides is 1. The van der Waals surface area contributed by atoms with E-state index in [0.717, 1.165) is 6.42 Å². The summed E-state index contributed by atoms with van der Waals surface area (Å²) in [7, 11) is 0. The van der Waals surface area contributed by atoms with E-state index in [-0.39, 0.29) is 12.2 Å². The molecule has 0 N–H and O–H groups in total. The van der Waals surface area contributed by atoms with Gasteiger partial charge in [0.25, 0.3) is 0 Å². The molecule has 0 aromatic rings. The van der Waals surface area contributed by atoms with Crippen LogP contribution in [0.2, 0.25) is 0 Å². The number of hydrogen-bond acceptors (Lipinski definition) is 4. The largest absolute Gasteiger partial charge is 0.444 e. The Balaban J connectivity index is 2.22. The van der Waals surface area contributed by atoms with Gasteiger partial charge in [0, 0.05) is 13.2 Å². The number of ether oxygens (including phenoxy) is 3. The monoisotopic (exact) mass is 259 g/mol. The molecule has 0 unspecified atom stereocenters. The van der Waals surface area contributed by atoms with Gasteiger partial charge in [-0.15, -0.1) is 0 Å². The number of nitrogens with zero attached hydrogens (tertiary/aromatic N) is 1. The number of likely N-dealkylation sites (tertiary alicyclic amines) is 1. The van der Waals surface area contributed by atoms with Crippen molar-refractivity contribution in [3.8, 4) is 0 Å². The average Bonchev–Trinajstić information content (AvgIpc) is 2.71. The van der Waals surface area contributed by atoms with E-state index < -0.39 is 5.60 Å². The van der Waals surface area contributed by atoms with Crippen LogP contribution in [0, 0.1) is 0 Å². The summed E-state index contributed by atoms with van der Waals surface area (Å²) in [5.74, 6) is 0. The number of carbonyl (C=O) groups is 1. The zero-order valence-electron chi connectivity index (χ0n) is 11.9. The van der Waals surface area contributed by atoms with Crippen LogP contribution in [0.3, 0.4) is 0 Å². The smallest absolute Gasteiger partial charge is 0.410 e. The van der Waals surface area contributed by atoms with E-state index in [0.29, 0.717) is 32.9 Å². The molecule has 1 saturated heterocycles. The molecular formula is C13H25NO4. The van der Waals surface area contributed by atoms with Crippen LogP contribution < -0.4 is 0 Å². The fourth-order valence-corrected chi connectivity index (χ4v) is 1.77. The van der Waals surface area contributed by atoms with Crippen molar-refractivity contribution in [2.75, 3.05) is 32.9 Å². The second-order valence-corrected chi connectivity index (χ2v) is 5.40. The van der Waals surface area contributed by atoms with Crippen molar-refractivity contribution in [1.82, 2.24) is 4.90 Å². The summed E-state index contributed by atoms with van der Waals surface area (Å²) >= 11 is 0. The minimum absolute atomic E-state index is 0.109. The number of carbonyl (C=O) groups excluding carboxylic acids is 1. The minimum atomic E-state index is -0.439. The van der Waals surface area contributed by atoms with Crippen LogP contribution in [0.4, 0.5) is 4.79 Å². The molecule has 1 rings (SSSR count). The van der Waals surface area contributed by atoms with Crippen molar-refractivity contribution in [3.63, 3.8) is 0 Å². The van der Waals surface area contributed by atoms with Crippen LogP contribution in [-0.2, 0) is 14.2 Å². The van der Waals surface area contributed by atoms with Gasteiger partial charge < -0.3 is 19.1 Å². The lowest BCUT2D eigenvalue weighted by Crippen LogP contribution is -2.36. The Morgan fingerprint density at radius 3 is 2.67 bits per heavy atom. The molecule has 1 atom stereocenters. The highest BCUT2D eigenvalue weighted by Crippen LogP contribution is 2.16. The normalized spacial score (nSPS) is 20.2. The molecule has 1 aliphatic heterocycles. The van der Waals surface area contributed by atoms with Gasteiger partial charge in [0.15, 0.2) is 0 Å². The summed E-state index contributed by atoms with van der Waals surface area (Å²) < 4.78 is 16.2. The molecule has 0 bridgehead atoms. The summed E-state index contributed by atoms with van der Waals surface area (Å²) in [6.07, 6.45) is 0.724. The first kappa shape index (κ1) is 15.2. The summed E-state index contributed by atoms with van der Waals surface area (Å²) in [6, 6.07) is 0. The van der Waals surface area contributed by atoms with Gasteiger partial charge in [0.05, 0.1) is 25.9 Å². The Morgan fingerprint density at radius 1 is 1.33 bits per heavy atom. The molecule has 0 spiro atoms. The first-order valence-electron chi connectivity index (χ1n) is 6.59. The summed E-state index contributed by atoms with van der Waals surface area (Å²) in [5.41, 5.74) is -0.439. The van der Waals surface area contributed by atoms with Crippen LogP contribution in [0.15, 0.2) is 0 Å². The van der Waals surface area contributed by atoms with E-state index in [1.165, 1.54) is 0 Å². The Morgan fingerprint density at radius 2 is 2.06 bits per heavy atom. The minimum Gasteiger partial charge on any atom is -0.444 e. The fourth-order valence-electron chi connectivity index (χ4n) is 1.77. The topological polar surface area (TPSA) is 48.0 Å². The van der Waals surface area contributed by atoms with E-state index in [4.69, 9.17) is 14.2 Å².